The summed E-state index contributed by atoms with van der Waals surface area (Å²) in [5.41, 5.74) is 0.646. The Hall–Kier alpha value is -1.36. The maximum absolute atomic E-state index is 12.0. The molecule has 22 heavy (non-hydrogen) atoms. The van der Waals surface area contributed by atoms with E-state index in [2.05, 4.69) is 37.2 Å². The molecule has 5 nitrogen and oxygen atoms in total. The first-order valence-corrected chi connectivity index (χ1v) is 8.04. The fourth-order valence-corrected chi connectivity index (χ4v) is 3.14. The maximum Gasteiger partial charge on any atom is 0.261 e. The highest BCUT2D eigenvalue weighted by Gasteiger charge is 2.12. The zero-order chi connectivity index (χ0) is 16.5. The number of ether oxygens (including phenoxy) is 2. The van der Waals surface area contributed by atoms with Gasteiger partial charge in [0.1, 0.15) is 17.4 Å². The fraction of sp³-hybridized carbons (Fsp3) is 0.333. The van der Waals surface area contributed by atoms with E-state index in [-0.39, 0.29) is 5.57 Å². The topological polar surface area (TPSA) is 71.3 Å². The van der Waals surface area contributed by atoms with E-state index in [1.54, 1.807) is 13.2 Å². The maximum atomic E-state index is 12.0. The van der Waals surface area contributed by atoms with Crippen LogP contribution in [0, 0.1) is 11.3 Å². The molecule has 1 rings (SSSR count). The number of nitrogens with one attached hydrogen (secondary N) is 1. The van der Waals surface area contributed by atoms with Crippen molar-refractivity contribution in [3.8, 4) is 11.8 Å². The van der Waals surface area contributed by atoms with Gasteiger partial charge in [-0.1, -0.05) is 15.9 Å². The van der Waals surface area contributed by atoms with Crippen LogP contribution in [0.5, 0.6) is 5.75 Å². The summed E-state index contributed by atoms with van der Waals surface area (Å²) in [4.78, 5) is 12.0. The van der Waals surface area contributed by atoms with E-state index in [9.17, 15) is 10.1 Å². The molecule has 0 unspecified atom stereocenters. The molecule has 118 valence electrons. The SMILES string of the molecule is COCCCNC(=O)/C(C#N)=C/c1cc(Br)cc(Br)c1OC. The van der Waals surface area contributed by atoms with Crippen LogP contribution in [0.15, 0.2) is 26.7 Å². The second-order valence-corrected chi connectivity index (χ2v) is 6.05. The third-order valence-electron chi connectivity index (χ3n) is 2.72. The van der Waals surface area contributed by atoms with Crippen molar-refractivity contribution in [1.29, 1.82) is 5.26 Å². The first-order chi connectivity index (χ1) is 10.5. The van der Waals surface area contributed by atoms with Gasteiger partial charge >= 0.3 is 0 Å². The van der Waals surface area contributed by atoms with Crippen LogP contribution >= 0.6 is 31.9 Å². The minimum atomic E-state index is -0.420. The lowest BCUT2D eigenvalue weighted by Gasteiger charge is -2.09. The molecule has 0 aromatic heterocycles. The van der Waals surface area contributed by atoms with Gasteiger partial charge in [-0.05, 0) is 40.6 Å². The number of methoxy groups -OCH3 is 2. The smallest absolute Gasteiger partial charge is 0.261 e. The number of carbonyl (C=O) groups is 1. The average molecular weight is 432 g/mol. The molecule has 0 aliphatic carbocycles. The van der Waals surface area contributed by atoms with Crippen LogP contribution in [0.2, 0.25) is 0 Å². The van der Waals surface area contributed by atoms with Gasteiger partial charge < -0.3 is 14.8 Å². The number of hydrogen-bond acceptors (Lipinski definition) is 4. The molecule has 0 heterocycles. The summed E-state index contributed by atoms with van der Waals surface area (Å²) in [5, 5.41) is 11.9. The highest BCUT2D eigenvalue weighted by atomic mass is 79.9. The predicted octanol–water partition coefficient (Wildman–Crippen LogP) is 3.28. The van der Waals surface area contributed by atoms with E-state index in [1.807, 2.05) is 12.1 Å². The second kappa shape index (κ2) is 9.62. The molecule has 0 bridgehead atoms. The Balaban J connectivity index is 2.98. The summed E-state index contributed by atoms with van der Waals surface area (Å²) in [5.74, 6) is 0.139. The number of amides is 1. The zero-order valence-electron chi connectivity index (χ0n) is 12.3. The van der Waals surface area contributed by atoms with Gasteiger partial charge in [-0.15, -0.1) is 0 Å². The molecule has 1 N–H and O–H groups in total. The minimum Gasteiger partial charge on any atom is -0.495 e. The Bertz CT molecular complexity index is 610. The summed E-state index contributed by atoms with van der Waals surface area (Å²) in [6.07, 6.45) is 2.19. The highest BCUT2D eigenvalue weighted by molar-refractivity contribution is 9.11. The van der Waals surface area contributed by atoms with Gasteiger partial charge in [-0.2, -0.15) is 5.26 Å². The summed E-state index contributed by atoms with van der Waals surface area (Å²) in [6, 6.07) is 5.52. The van der Waals surface area contributed by atoms with Crippen LogP contribution in [-0.4, -0.2) is 33.3 Å². The molecule has 0 spiro atoms. The Labute approximate surface area is 146 Å². The van der Waals surface area contributed by atoms with Gasteiger partial charge in [-0.25, -0.2) is 0 Å². The van der Waals surface area contributed by atoms with Crippen LogP contribution in [-0.2, 0) is 9.53 Å². The van der Waals surface area contributed by atoms with Crippen LogP contribution in [0.1, 0.15) is 12.0 Å². The predicted molar refractivity (Wildman–Crippen MR) is 91.5 cm³/mol. The van der Waals surface area contributed by atoms with Crippen molar-refractivity contribution < 1.29 is 14.3 Å². The van der Waals surface area contributed by atoms with Crippen molar-refractivity contribution in [2.24, 2.45) is 0 Å². The number of nitrogens with zero attached hydrogens (tertiary/aromatic N) is 1. The van der Waals surface area contributed by atoms with Gasteiger partial charge in [0.2, 0.25) is 0 Å². The molecule has 0 atom stereocenters. The van der Waals surface area contributed by atoms with Gasteiger partial charge in [-0.3, -0.25) is 4.79 Å². The number of nitriles is 1. The molecule has 1 aromatic carbocycles. The van der Waals surface area contributed by atoms with Crippen molar-refractivity contribution in [3.05, 3.63) is 32.2 Å². The molecular formula is C15H16Br2N2O3. The third kappa shape index (κ3) is 5.44. The molecule has 1 aromatic rings. The fourth-order valence-electron chi connectivity index (χ4n) is 1.72. The summed E-state index contributed by atoms with van der Waals surface area (Å²) in [6.45, 7) is 1.00. The first kappa shape index (κ1) is 18.7. The van der Waals surface area contributed by atoms with Crippen LogP contribution in [0.25, 0.3) is 6.08 Å². The lowest BCUT2D eigenvalue weighted by atomic mass is 10.1. The van der Waals surface area contributed by atoms with Crippen LogP contribution in [0.4, 0.5) is 0 Å². The van der Waals surface area contributed by atoms with E-state index in [4.69, 9.17) is 9.47 Å². The average Bonchev–Trinajstić information content (AvgIpc) is 2.48. The van der Waals surface area contributed by atoms with Crippen molar-refractivity contribution in [2.45, 2.75) is 6.42 Å². The molecular weight excluding hydrogens is 416 g/mol. The molecule has 0 aliphatic rings. The second-order valence-electron chi connectivity index (χ2n) is 4.28. The number of carbonyl (C=O) groups excluding carboxylic acids is 1. The van der Waals surface area contributed by atoms with Gasteiger partial charge in [0.25, 0.3) is 5.91 Å². The molecule has 0 radical (unpaired) electrons. The quantitative estimate of drug-likeness (QED) is 0.408. The minimum absolute atomic E-state index is 0.0146. The Morgan fingerprint density at radius 3 is 2.73 bits per heavy atom. The largest absolute Gasteiger partial charge is 0.495 e. The van der Waals surface area contributed by atoms with E-state index in [0.29, 0.717) is 30.9 Å². The van der Waals surface area contributed by atoms with Crippen molar-refractivity contribution in [2.75, 3.05) is 27.4 Å². The van der Waals surface area contributed by atoms with Crippen LogP contribution in [0.3, 0.4) is 0 Å². The van der Waals surface area contributed by atoms with Crippen LogP contribution < -0.4 is 10.1 Å². The molecule has 0 saturated carbocycles. The van der Waals surface area contributed by atoms with Crippen molar-refractivity contribution >= 4 is 43.8 Å². The zero-order valence-corrected chi connectivity index (χ0v) is 15.5. The molecule has 0 fully saturated rings. The Kier molecular flexibility index (Phi) is 8.17. The molecule has 7 heteroatoms. The van der Waals surface area contributed by atoms with E-state index in [1.165, 1.54) is 13.2 Å². The Morgan fingerprint density at radius 2 is 2.14 bits per heavy atom. The third-order valence-corrected chi connectivity index (χ3v) is 3.76. The molecule has 0 saturated heterocycles. The monoisotopic (exact) mass is 430 g/mol. The van der Waals surface area contributed by atoms with E-state index < -0.39 is 5.91 Å². The lowest BCUT2D eigenvalue weighted by molar-refractivity contribution is -0.117. The first-order valence-electron chi connectivity index (χ1n) is 6.45. The van der Waals surface area contributed by atoms with E-state index in [0.717, 1.165) is 8.95 Å². The number of hydrogen-bond donors (Lipinski definition) is 1. The number of halogens is 2. The highest BCUT2D eigenvalue weighted by Crippen LogP contribution is 2.33. The number of rotatable bonds is 7. The van der Waals surface area contributed by atoms with Crippen molar-refractivity contribution in [3.63, 3.8) is 0 Å². The Morgan fingerprint density at radius 1 is 1.41 bits per heavy atom. The summed E-state index contributed by atoms with van der Waals surface area (Å²) in [7, 11) is 3.13. The van der Waals surface area contributed by atoms with Gasteiger partial charge in [0.05, 0.1) is 11.6 Å². The molecule has 0 aliphatic heterocycles. The van der Waals surface area contributed by atoms with Gasteiger partial charge in [0.15, 0.2) is 0 Å². The normalized spacial score (nSPS) is 11.0. The summed E-state index contributed by atoms with van der Waals surface area (Å²) >= 11 is 6.76. The van der Waals surface area contributed by atoms with Gasteiger partial charge in [0, 0.05) is 30.3 Å². The lowest BCUT2D eigenvalue weighted by Crippen LogP contribution is -2.26. The number of benzene rings is 1. The standard InChI is InChI=1S/C15H16Br2N2O3/c1-21-5-3-4-19-15(20)11(9-18)6-10-7-12(16)8-13(17)14(10)22-2/h6-8H,3-5H2,1-2H3,(H,19,20)/b11-6+. The summed E-state index contributed by atoms with van der Waals surface area (Å²) < 4.78 is 11.7. The van der Waals surface area contributed by atoms with E-state index >= 15 is 0 Å². The van der Waals surface area contributed by atoms with Crippen molar-refractivity contribution in [1.82, 2.24) is 5.32 Å². The molecule has 1 amide bonds.